The lowest BCUT2D eigenvalue weighted by Gasteiger charge is -2.19. The molecule has 0 bridgehead atoms. The van der Waals surface area contributed by atoms with Crippen molar-refractivity contribution in [2.45, 2.75) is 45.8 Å². The van der Waals surface area contributed by atoms with Crippen molar-refractivity contribution in [2.24, 2.45) is 0 Å². The van der Waals surface area contributed by atoms with Crippen LogP contribution >= 0.6 is 11.6 Å². The molecule has 110 valence electrons. The zero-order valence-corrected chi connectivity index (χ0v) is 12.7. The molecule has 1 amide bonds. The molecule has 5 heteroatoms. The Morgan fingerprint density at radius 2 is 2.15 bits per heavy atom. The van der Waals surface area contributed by atoms with E-state index in [9.17, 15) is 9.59 Å². The Kier molecular flexibility index (Phi) is 6.52. The Morgan fingerprint density at radius 1 is 1.45 bits per heavy atom. The van der Waals surface area contributed by atoms with Crippen molar-refractivity contribution in [3.05, 3.63) is 28.8 Å². The summed E-state index contributed by atoms with van der Waals surface area (Å²) in [5.74, 6) is 0.213. The molecule has 1 aromatic rings. The number of aldehydes is 1. The van der Waals surface area contributed by atoms with Crippen LogP contribution in [0.1, 0.15) is 44.0 Å². The Hall–Kier alpha value is -1.55. The van der Waals surface area contributed by atoms with Gasteiger partial charge >= 0.3 is 0 Å². The second kappa shape index (κ2) is 7.90. The SMILES string of the molecule is CCCC(C)NC(=O)C(C)Oc1ccc(C=O)cc1Cl. The molecule has 0 saturated heterocycles. The summed E-state index contributed by atoms with van der Waals surface area (Å²) in [5.41, 5.74) is 0.469. The van der Waals surface area contributed by atoms with Gasteiger partial charge in [0.15, 0.2) is 6.10 Å². The van der Waals surface area contributed by atoms with Crippen LogP contribution in [0.5, 0.6) is 5.75 Å². The van der Waals surface area contributed by atoms with Crippen molar-refractivity contribution in [3.8, 4) is 5.75 Å². The summed E-state index contributed by atoms with van der Waals surface area (Å²) in [6.45, 7) is 5.69. The number of hydrogen-bond donors (Lipinski definition) is 1. The van der Waals surface area contributed by atoms with Crippen molar-refractivity contribution in [2.75, 3.05) is 0 Å². The molecular weight excluding hydrogens is 278 g/mol. The van der Waals surface area contributed by atoms with Crippen molar-refractivity contribution >= 4 is 23.8 Å². The highest BCUT2D eigenvalue weighted by molar-refractivity contribution is 6.32. The molecule has 4 nitrogen and oxygen atoms in total. The van der Waals surface area contributed by atoms with Crippen LogP contribution in [-0.4, -0.2) is 24.3 Å². The van der Waals surface area contributed by atoms with E-state index in [1.807, 2.05) is 6.92 Å². The van der Waals surface area contributed by atoms with E-state index in [1.54, 1.807) is 19.1 Å². The quantitative estimate of drug-likeness (QED) is 0.786. The predicted octanol–water partition coefficient (Wildman–Crippen LogP) is 3.22. The minimum Gasteiger partial charge on any atom is -0.479 e. The molecule has 0 aliphatic carbocycles. The third-order valence-corrected chi connectivity index (χ3v) is 3.17. The number of nitrogens with one attached hydrogen (secondary N) is 1. The smallest absolute Gasteiger partial charge is 0.260 e. The summed E-state index contributed by atoms with van der Waals surface area (Å²) in [6.07, 6.45) is 2.00. The van der Waals surface area contributed by atoms with E-state index >= 15 is 0 Å². The largest absolute Gasteiger partial charge is 0.479 e. The fraction of sp³-hybridized carbons (Fsp3) is 0.467. The third kappa shape index (κ3) is 4.85. The van der Waals surface area contributed by atoms with E-state index in [0.717, 1.165) is 12.8 Å². The van der Waals surface area contributed by atoms with Crippen molar-refractivity contribution in [1.82, 2.24) is 5.32 Å². The fourth-order valence-electron chi connectivity index (χ4n) is 1.80. The van der Waals surface area contributed by atoms with Crippen LogP contribution in [0.2, 0.25) is 5.02 Å². The molecule has 2 unspecified atom stereocenters. The van der Waals surface area contributed by atoms with E-state index in [-0.39, 0.29) is 11.9 Å². The van der Waals surface area contributed by atoms with Gasteiger partial charge in [0.2, 0.25) is 0 Å². The van der Waals surface area contributed by atoms with Crippen molar-refractivity contribution in [1.29, 1.82) is 0 Å². The molecule has 0 spiro atoms. The van der Waals surface area contributed by atoms with Crippen LogP contribution in [0.3, 0.4) is 0 Å². The minimum absolute atomic E-state index is 0.117. The first-order valence-corrected chi connectivity index (χ1v) is 7.07. The first-order chi connectivity index (χ1) is 9.47. The van der Waals surface area contributed by atoms with Crippen molar-refractivity contribution in [3.63, 3.8) is 0 Å². The molecule has 20 heavy (non-hydrogen) atoms. The van der Waals surface area contributed by atoms with Crippen LogP contribution in [-0.2, 0) is 4.79 Å². The normalized spacial score (nSPS) is 13.4. The summed E-state index contributed by atoms with van der Waals surface area (Å²) in [6, 6.07) is 4.81. The highest BCUT2D eigenvalue weighted by Crippen LogP contribution is 2.25. The predicted molar refractivity (Wildman–Crippen MR) is 79.4 cm³/mol. The van der Waals surface area contributed by atoms with Gasteiger partial charge in [-0.2, -0.15) is 0 Å². The molecule has 0 aliphatic heterocycles. The summed E-state index contributed by atoms with van der Waals surface area (Å²) >= 11 is 6.00. The average molecular weight is 298 g/mol. The third-order valence-electron chi connectivity index (χ3n) is 2.88. The van der Waals surface area contributed by atoms with E-state index < -0.39 is 6.10 Å². The highest BCUT2D eigenvalue weighted by Gasteiger charge is 2.17. The van der Waals surface area contributed by atoms with Crippen molar-refractivity contribution < 1.29 is 14.3 Å². The second-order valence-electron chi connectivity index (χ2n) is 4.77. The molecule has 0 radical (unpaired) electrons. The maximum absolute atomic E-state index is 11.9. The van der Waals surface area contributed by atoms with Gasteiger partial charge in [-0.3, -0.25) is 9.59 Å². The Balaban J connectivity index is 2.63. The monoisotopic (exact) mass is 297 g/mol. The Labute approximate surface area is 124 Å². The molecule has 2 atom stereocenters. The lowest BCUT2D eigenvalue weighted by atomic mass is 10.2. The number of carbonyl (C=O) groups is 2. The lowest BCUT2D eigenvalue weighted by Crippen LogP contribution is -2.41. The van der Waals surface area contributed by atoms with Crippen LogP contribution in [0.25, 0.3) is 0 Å². The molecule has 1 rings (SSSR count). The zero-order valence-electron chi connectivity index (χ0n) is 12.0. The Bertz CT molecular complexity index is 476. The van der Waals surface area contributed by atoms with Gasteiger partial charge in [-0.25, -0.2) is 0 Å². The number of rotatable bonds is 7. The van der Waals surface area contributed by atoms with Crippen LogP contribution < -0.4 is 10.1 Å². The molecule has 0 aromatic heterocycles. The standard InChI is InChI=1S/C15H20ClNO3/c1-4-5-10(2)17-15(19)11(3)20-14-7-6-12(9-18)8-13(14)16/h6-11H,4-5H2,1-3H3,(H,17,19). The molecule has 0 saturated carbocycles. The number of amides is 1. The maximum atomic E-state index is 11.9. The average Bonchev–Trinajstić information content (AvgIpc) is 2.41. The van der Waals surface area contributed by atoms with Gasteiger partial charge < -0.3 is 10.1 Å². The molecule has 1 N–H and O–H groups in total. The van der Waals surface area contributed by atoms with Gasteiger partial charge in [-0.15, -0.1) is 0 Å². The molecule has 0 aliphatic rings. The van der Waals surface area contributed by atoms with E-state index in [2.05, 4.69) is 12.2 Å². The summed E-state index contributed by atoms with van der Waals surface area (Å²) in [5, 5.41) is 3.20. The van der Waals surface area contributed by atoms with Gasteiger partial charge in [0.05, 0.1) is 5.02 Å². The fourth-order valence-corrected chi connectivity index (χ4v) is 2.03. The molecule has 0 heterocycles. The number of benzene rings is 1. The minimum atomic E-state index is -0.645. The number of halogens is 1. The van der Waals surface area contributed by atoms with E-state index in [4.69, 9.17) is 16.3 Å². The highest BCUT2D eigenvalue weighted by atomic mass is 35.5. The maximum Gasteiger partial charge on any atom is 0.260 e. The molecular formula is C15H20ClNO3. The number of carbonyl (C=O) groups excluding carboxylic acids is 2. The molecule has 0 fully saturated rings. The number of ether oxygens (including phenoxy) is 1. The summed E-state index contributed by atoms with van der Waals surface area (Å²) < 4.78 is 5.53. The zero-order chi connectivity index (χ0) is 15.1. The van der Waals surface area contributed by atoms with E-state index in [0.29, 0.717) is 22.6 Å². The Morgan fingerprint density at radius 3 is 2.70 bits per heavy atom. The second-order valence-corrected chi connectivity index (χ2v) is 5.17. The summed E-state index contributed by atoms with van der Waals surface area (Å²) in [4.78, 5) is 22.6. The van der Waals surface area contributed by atoms with Gasteiger partial charge in [-0.1, -0.05) is 24.9 Å². The van der Waals surface area contributed by atoms with Gasteiger partial charge in [0, 0.05) is 11.6 Å². The lowest BCUT2D eigenvalue weighted by molar-refractivity contribution is -0.127. The van der Waals surface area contributed by atoms with Gasteiger partial charge in [0.25, 0.3) is 5.91 Å². The van der Waals surface area contributed by atoms with Gasteiger partial charge in [-0.05, 0) is 38.5 Å². The molecule has 1 aromatic carbocycles. The number of hydrogen-bond acceptors (Lipinski definition) is 3. The van der Waals surface area contributed by atoms with Gasteiger partial charge in [0.1, 0.15) is 12.0 Å². The topological polar surface area (TPSA) is 55.4 Å². The first kappa shape index (κ1) is 16.5. The van der Waals surface area contributed by atoms with E-state index in [1.165, 1.54) is 6.07 Å². The summed E-state index contributed by atoms with van der Waals surface area (Å²) in [7, 11) is 0. The van der Waals surface area contributed by atoms with Crippen LogP contribution in [0.4, 0.5) is 0 Å². The first-order valence-electron chi connectivity index (χ1n) is 6.69. The van der Waals surface area contributed by atoms with Crippen LogP contribution in [0.15, 0.2) is 18.2 Å². The van der Waals surface area contributed by atoms with Crippen LogP contribution in [0, 0.1) is 0 Å².